The first-order chi connectivity index (χ1) is 14.5. The van der Waals surface area contributed by atoms with Crippen LogP contribution in [0.4, 0.5) is 0 Å². The molecule has 2 aromatic rings. The van der Waals surface area contributed by atoms with Crippen LogP contribution in [0.2, 0.25) is 5.02 Å². The third kappa shape index (κ3) is 4.31. The van der Waals surface area contributed by atoms with E-state index in [2.05, 4.69) is 30.3 Å². The van der Waals surface area contributed by atoms with Gasteiger partial charge in [-0.3, -0.25) is 0 Å². The molecule has 4 atom stereocenters. The molecule has 2 aromatic carbocycles. The van der Waals surface area contributed by atoms with Crippen molar-refractivity contribution in [3.63, 3.8) is 0 Å². The molecule has 5 rings (SSSR count). The van der Waals surface area contributed by atoms with Gasteiger partial charge in [0.05, 0.1) is 24.9 Å². The lowest BCUT2D eigenvalue weighted by atomic mass is 9.92. The van der Waals surface area contributed by atoms with Crippen LogP contribution in [0.25, 0.3) is 0 Å². The lowest BCUT2D eigenvalue weighted by Gasteiger charge is -2.32. The maximum atomic E-state index is 10.1. The Morgan fingerprint density at radius 3 is 2.47 bits per heavy atom. The SMILES string of the molecule is OCC1CC(O)CC(c2ccc(Cl)c(Cc3ccc(C4CCC5(CC5)C4)cc3)c2)O1. The molecule has 2 N–H and O–H groups in total. The van der Waals surface area contributed by atoms with Crippen molar-refractivity contribution in [2.24, 2.45) is 5.41 Å². The highest BCUT2D eigenvalue weighted by molar-refractivity contribution is 6.31. The first kappa shape index (κ1) is 20.5. The summed E-state index contributed by atoms with van der Waals surface area (Å²) in [6, 6.07) is 15.1. The molecular formula is C26H31ClO3. The highest BCUT2D eigenvalue weighted by Gasteiger charge is 2.48. The Balaban J connectivity index is 1.29. The van der Waals surface area contributed by atoms with Crippen molar-refractivity contribution in [1.29, 1.82) is 0 Å². The first-order valence-corrected chi connectivity index (χ1v) is 11.7. The fraction of sp³-hybridized carbons (Fsp3) is 0.538. The standard InChI is InChI=1S/C26H31ClO3/c27-24-6-5-19(25-14-22(29)13-23(16-28)30-25)12-21(24)11-17-1-3-18(4-2-17)20-7-8-26(15-20)9-10-26/h1-6,12,20,22-23,25,28-29H,7-11,13-16H2. The van der Waals surface area contributed by atoms with E-state index in [0.29, 0.717) is 18.3 Å². The van der Waals surface area contributed by atoms with Crippen molar-refractivity contribution < 1.29 is 14.9 Å². The average Bonchev–Trinajstić information content (AvgIpc) is 3.38. The summed E-state index contributed by atoms with van der Waals surface area (Å²) in [4.78, 5) is 0. The minimum Gasteiger partial charge on any atom is -0.394 e. The summed E-state index contributed by atoms with van der Waals surface area (Å²) in [6.45, 7) is -0.0670. The monoisotopic (exact) mass is 426 g/mol. The molecule has 0 radical (unpaired) electrons. The number of rotatable bonds is 5. The second-order valence-electron chi connectivity index (χ2n) is 9.76. The fourth-order valence-electron chi connectivity index (χ4n) is 5.50. The molecule has 1 saturated heterocycles. The van der Waals surface area contributed by atoms with E-state index in [-0.39, 0.29) is 18.8 Å². The quantitative estimate of drug-likeness (QED) is 0.658. The van der Waals surface area contributed by atoms with Gasteiger partial charge in [-0.25, -0.2) is 0 Å². The number of ether oxygens (including phenoxy) is 1. The summed E-state index contributed by atoms with van der Waals surface area (Å²) in [6.07, 6.45) is 7.87. The summed E-state index contributed by atoms with van der Waals surface area (Å²) in [7, 11) is 0. The molecule has 160 valence electrons. The second kappa shape index (κ2) is 8.27. The Bertz CT molecular complexity index is 890. The number of aliphatic hydroxyl groups is 2. The van der Waals surface area contributed by atoms with E-state index < -0.39 is 6.10 Å². The second-order valence-corrected chi connectivity index (χ2v) is 10.2. The molecule has 3 aliphatic rings. The Hall–Kier alpha value is -1.39. The van der Waals surface area contributed by atoms with Gasteiger partial charge in [0.25, 0.3) is 0 Å². The molecule has 1 spiro atoms. The van der Waals surface area contributed by atoms with E-state index in [9.17, 15) is 10.2 Å². The van der Waals surface area contributed by atoms with Crippen molar-refractivity contribution in [3.8, 4) is 0 Å². The molecule has 3 nitrogen and oxygen atoms in total. The number of halogens is 1. The number of hydrogen-bond acceptors (Lipinski definition) is 3. The van der Waals surface area contributed by atoms with Crippen molar-refractivity contribution in [2.75, 3.05) is 6.61 Å². The van der Waals surface area contributed by atoms with Crippen LogP contribution < -0.4 is 0 Å². The van der Waals surface area contributed by atoms with Crippen LogP contribution in [0.3, 0.4) is 0 Å². The molecule has 1 heterocycles. The van der Waals surface area contributed by atoms with E-state index in [1.807, 2.05) is 12.1 Å². The Morgan fingerprint density at radius 1 is 1.00 bits per heavy atom. The number of benzene rings is 2. The topological polar surface area (TPSA) is 49.7 Å². The van der Waals surface area contributed by atoms with Crippen molar-refractivity contribution >= 4 is 11.6 Å². The minimum atomic E-state index is -0.446. The predicted molar refractivity (Wildman–Crippen MR) is 119 cm³/mol. The predicted octanol–water partition coefficient (Wildman–Crippen LogP) is 5.55. The zero-order chi connectivity index (χ0) is 20.7. The first-order valence-electron chi connectivity index (χ1n) is 11.4. The van der Waals surface area contributed by atoms with Crippen LogP contribution in [-0.4, -0.2) is 29.0 Å². The number of hydrogen-bond donors (Lipinski definition) is 2. The van der Waals surface area contributed by atoms with Crippen LogP contribution in [0, 0.1) is 5.41 Å². The van der Waals surface area contributed by atoms with Gasteiger partial charge in [0, 0.05) is 17.9 Å². The van der Waals surface area contributed by atoms with Crippen molar-refractivity contribution in [2.45, 2.75) is 75.6 Å². The number of aliphatic hydroxyl groups excluding tert-OH is 2. The highest BCUT2D eigenvalue weighted by atomic mass is 35.5. The molecule has 0 bridgehead atoms. The Labute approximate surface area is 184 Å². The van der Waals surface area contributed by atoms with E-state index in [0.717, 1.165) is 28.5 Å². The zero-order valence-corrected chi connectivity index (χ0v) is 18.2. The summed E-state index contributed by atoms with van der Waals surface area (Å²) >= 11 is 6.51. The third-order valence-corrected chi connectivity index (χ3v) is 7.90. The van der Waals surface area contributed by atoms with Crippen LogP contribution >= 0.6 is 11.6 Å². The van der Waals surface area contributed by atoms with Gasteiger partial charge in [-0.1, -0.05) is 48.0 Å². The third-order valence-electron chi connectivity index (χ3n) is 7.53. The molecule has 2 aliphatic carbocycles. The van der Waals surface area contributed by atoms with Crippen LogP contribution in [-0.2, 0) is 11.2 Å². The normalized spacial score (nSPS) is 30.0. The lowest BCUT2D eigenvalue weighted by molar-refractivity contribution is -0.113. The summed E-state index contributed by atoms with van der Waals surface area (Å²) in [5.74, 6) is 0.739. The Kier molecular flexibility index (Phi) is 5.66. The van der Waals surface area contributed by atoms with E-state index in [4.69, 9.17) is 16.3 Å². The summed E-state index contributed by atoms with van der Waals surface area (Å²) in [5.41, 5.74) is 5.55. The Morgan fingerprint density at radius 2 is 1.77 bits per heavy atom. The molecule has 2 saturated carbocycles. The molecule has 0 aromatic heterocycles. The smallest absolute Gasteiger partial charge is 0.0854 e. The molecule has 3 fully saturated rings. The largest absolute Gasteiger partial charge is 0.394 e. The van der Waals surface area contributed by atoms with Gasteiger partial charge in [-0.15, -0.1) is 0 Å². The van der Waals surface area contributed by atoms with Gasteiger partial charge in [-0.2, -0.15) is 0 Å². The van der Waals surface area contributed by atoms with Gasteiger partial charge in [-0.05, 0) is 78.2 Å². The van der Waals surface area contributed by atoms with Crippen molar-refractivity contribution in [1.82, 2.24) is 0 Å². The van der Waals surface area contributed by atoms with Gasteiger partial charge in [0.15, 0.2) is 0 Å². The molecule has 1 aliphatic heterocycles. The van der Waals surface area contributed by atoms with Crippen LogP contribution in [0.1, 0.15) is 79.2 Å². The van der Waals surface area contributed by atoms with Gasteiger partial charge < -0.3 is 14.9 Å². The van der Waals surface area contributed by atoms with Gasteiger partial charge in [0.2, 0.25) is 0 Å². The molecule has 4 heteroatoms. The fourth-order valence-corrected chi connectivity index (χ4v) is 5.69. The van der Waals surface area contributed by atoms with Gasteiger partial charge in [0.1, 0.15) is 0 Å². The van der Waals surface area contributed by atoms with E-state index >= 15 is 0 Å². The van der Waals surface area contributed by atoms with Crippen LogP contribution in [0.15, 0.2) is 42.5 Å². The minimum absolute atomic E-state index is 0.0670. The molecule has 30 heavy (non-hydrogen) atoms. The van der Waals surface area contributed by atoms with E-state index in [1.54, 1.807) is 0 Å². The van der Waals surface area contributed by atoms with E-state index in [1.165, 1.54) is 43.2 Å². The van der Waals surface area contributed by atoms with Gasteiger partial charge >= 0.3 is 0 Å². The molecule has 0 amide bonds. The summed E-state index contributed by atoms with van der Waals surface area (Å²) < 4.78 is 5.98. The highest BCUT2D eigenvalue weighted by Crippen LogP contribution is 2.61. The van der Waals surface area contributed by atoms with Crippen molar-refractivity contribution in [3.05, 3.63) is 69.7 Å². The maximum Gasteiger partial charge on any atom is 0.0854 e. The molecule has 4 unspecified atom stereocenters. The van der Waals surface area contributed by atoms with Crippen LogP contribution in [0.5, 0.6) is 0 Å². The zero-order valence-electron chi connectivity index (χ0n) is 17.4. The average molecular weight is 427 g/mol. The molecular weight excluding hydrogens is 396 g/mol. The summed E-state index contributed by atoms with van der Waals surface area (Å²) in [5, 5.41) is 20.3. The lowest BCUT2D eigenvalue weighted by Crippen LogP contribution is -2.33. The maximum absolute atomic E-state index is 10.1.